The van der Waals surface area contributed by atoms with Gasteiger partial charge in [-0.05, 0) is 6.07 Å². The second kappa shape index (κ2) is 5.50. The molecule has 0 heterocycles. The van der Waals surface area contributed by atoms with Crippen LogP contribution in [0.5, 0.6) is 0 Å². The van der Waals surface area contributed by atoms with Gasteiger partial charge < -0.3 is 26.4 Å². The third kappa shape index (κ3) is 2.81. The van der Waals surface area contributed by atoms with E-state index in [0.717, 1.165) is 12.1 Å². The number of anilines is 1. The van der Waals surface area contributed by atoms with Crippen LogP contribution in [0.2, 0.25) is 0 Å². The minimum absolute atomic E-state index is 0.400. The zero-order chi connectivity index (χ0) is 15.5. The van der Waals surface area contributed by atoms with Crippen molar-refractivity contribution in [3.8, 4) is 0 Å². The molecule has 0 radical (unpaired) electrons. The van der Waals surface area contributed by atoms with Crippen LogP contribution >= 0.6 is 0 Å². The number of nitro benzene ring substituents is 1. The lowest BCUT2D eigenvalue weighted by atomic mass is 10.1. The molecule has 0 aliphatic heterocycles. The number of nitro groups is 1. The van der Waals surface area contributed by atoms with E-state index in [9.17, 15) is 29.9 Å². The molecule has 0 saturated carbocycles. The fourth-order valence-corrected chi connectivity index (χ4v) is 1.39. The lowest BCUT2D eigenvalue weighted by molar-refractivity contribution is -0.384. The van der Waals surface area contributed by atoms with Crippen molar-refractivity contribution in [1.29, 1.82) is 0 Å². The van der Waals surface area contributed by atoms with Gasteiger partial charge in [-0.1, -0.05) is 12.1 Å². The number of nitrogens with zero attached hydrogens (tertiary/aromatic N) is 1. The molecule has 2 unspecified atom stereocenters. The highest BCUT2D eigenvalue weighted by Crippen LogP contribution is 2.27. The van der Waals surface area contributed by atoms with E-state index in [-0.39, 0.29) is 0 Å². The Bertz CT molecular complexity index is 562. The molecular formula is C10H11N3O7. The largest absolute Gasteiger partial charge is 0.478 e. The third-order valence-corrected chi connectivity index (χ3v) is 2.42. The highest BCUT2D eigenvalue weighted by atomic mass is 16.6. The number of carboxylic acid groups (broad SMARTS) is 1. The first-order valence-corrected chi connectivity index (χ1v) is 5.15. The number of aliphatic hydroxyl groups excluding tert-OH is 1. The van der Waals surface area contributed by atoms with Crippen LogP contribution in [0, 0.1) is 10.1 Å². The molecule has 0 aromatic heterocycles. The number of aliphatic carboxylic acids is 1. The maximum absolute atomic E-state index is 11.0. The van der Waals surface area contributed by atoms with Crippen LogP contribution in [0.3, 0.4) is 0 Å². The molecule has 1 amide bonds. The number of hydrogen-bond acceptors (Lipinski definition) is 7. The number of nitrogens with two attached hydrogens (primary N) is 1. The molecule has 2 atom stereocenters. The van der Waals surface area contributed by atoms with E-state index in [1.165, 1.54) is 12.1 Å². The van der Waals surface area contributed by atoms with E-state index in [2.05, 4.69) is 0 Å². The van der Waals surface area contributed by atoms with Crippen molar-refractivity contribution in [3.05, 3.63) is 34.4 Å². The Morgan fingerprint density at radius 1 is 1.40 bits per heavy atom. The number of primary amides is 1. The van der Waals surface area contributed by atoms with Crippen molar-refractivity contribution in [3.63, 3.8) is 0 Å². The van der Waals surface area contributed by atoms with Crippen molar-refractivity contribution in [2.24, 2.45) is 5.73 Å². The van der Waals surface area contributed by atoms with Gasteiger partial charge in [0.25, 0.3) is 17.3 Å². The van der Waals surface area contributed by atoms with E-state index >= 15 is 0 Å². The SMILES string of the molecule is NC(=O)C(O)C(O)(Nc1ccccc1[N+](=O)[O-])C(=O)O. The Kier molecular flexibility index (Phi) is 4.22. The number of hydrogen-bond donors (Lipinski definition) is 5. The second-order valence-corrected chi connectivity index (χ2v) is 3.78. The molecule has 0 fully saturated rings. The quantitative estimate of drug-likeness (QED) is 0.241. The predicted octanol–water partition coefficient (Wildman–Crippen LogP) is -1.37. The lowest BCUT2D eigenvalue weighted by Gasteiger charge is -2.28. The van der Waals surface area contributed by atoms with Crippen molar-refractivity contribution in [1.82, 2.24) is 0 Å². The van der Waals surface area contributed by atoms with Crippen LogP contribution in [0.4, 0.5) is 11.4 Å². The summed E-state index contributed by atoms with van der Waals surface area (Å²) < 4.78 is 0. The van der Waals surface area contributed by atoms with Gasteiger partial charge in [-0.25, -0.2) is 4.79 Å². The molecule has 0 aliphatic rings. The lowest BCUT2D eigenvalue weighted by Crippen LogP contribution is -2.60. The second-order valence-electron chi connectivity index (χ2n) is 3.78. The molecule has 10 nitrogen and oxygen atoms in total. The summed E-state index contributed by atoms with van der Waals surface area (Å²) in [5.74, 6) is -3.54. The predicted molar refractivity (Wildman–Crippen MR) is 64.5 cm³/mol. The van der Waals surface area contributed by atoms with Crippen LogP contribution in [0.15, 0.2) is 24.3 Å². The van der Waals surface area contributed by atoms with Crippen LogP contribution < -0.4 is 11.1 Å². The normalized spacial score (nSPS) is 14.9. The summed E-state index contributed by atoms with van der Waals surface area (Å²) in [6.45, 7) is 0. The first-order chi connectivity index (χ1) is 9.20. The minimum Gasteiger partial charge on any atom is -0.478 e. The number of carboxylic acids is 1. The number of para-hydroxylation sites is 2. The summed E-state index contributed by atoms with van der Waals surface area (Å²) in [4.78, 5) is 31.8. The van der Waals surface area contributed by atoms with Crippen molar-refractivity contribution < 1.29 is 29.8 Å². The molecule has 0 spiro atoms. The first kappa shape index (κ1) is 15.3. The van der Waals surface area contributed by atoms with E-state index in [1.807, 2.05) is 5.32 Å². The van der Waals surface area contributed by atoms with Crippen LogP contribution in [-0.4, -0.2) is 43.9 Å². The van der Waals surface area contributed by atoms with Gasteiger partial charge in [0.15, 0.2) is 6.10 Å². The number of nitrogens with one attached hydrogen (secondary N) is 1. The maximum Gasteiger partial charge on any atom is 0.360 e. The highest BCUT2D eigenvalue weighted by molar-refractivity contribution is 5.92. The zero-order valence-corrected chi connectivity index (χ0v) is 9.89. The molecule has 0 saturated heterocycles. The Hall–Kier alpha value is -2.72. The smallest absolute Gasteiger partial charge is 0.360 e. The molecule has 0 bridgehead atoms. The summed E-state index contributed by atoms with van der Waals surface area (Å²) >= 11 is 0. The van der Waals surface area contributed by atoms with Gasteiger partial charge in [0.1, 0.15) is 5.69 Å². The minimum atomic E-state index is -3.20. The molecule has 1 aromatic carbocycles. The van der Waals surface area contributed by atoms with Crippen molar-refractivity contribution >= 4 is 23.3 Å². The molecular weight excluding hydrogens is 274 g/mol. The molecule has 1 aromatic rings. The van der Waals surface area contributed by atoms with Gasteiger partial charge in [0.2, 0.25) is 0 Å². The standard InChI is InChI=1S/C10H11N3O7/c11-8(15)7(14)10(18,9(16)17)12-5-3-1-2-4-6(5)13(19)20/h1-4,7,12,14,18H,(H2,11,15)(H,16,17). The monoisotopic (exact) mass is 285 g/mol. The number of carbonyl (C=O) groups is 2. The Morgan fingerprint density at radius 3 is 2.40 bits per heavy atom. The molecule has 20 heavy (non-hydrogen) atoms. The number of benzene rings is 1. The van der Waals surface area contributed by atoms with E-state index in [0.29, 0.717) is 0 Å². The number of amides is 1. The van der Waals surface area contributed by atoms with E-state index < -0.39 is 40.0 Å². The summed E-state index contributed by atoms with van der Waals surface area (Å²) in [5, 5.41) is 40.7. The number of carbonyl (C=O) groups excluding carboxylic acids is 1. The maximum atomic E-state index is 11.0. The van der Waals surface area contributed by atoms with Gasteiger partial charge in [0.05, 0.1) is 4.92 Å². The first-order valence-electron chi connectivity index (χ1n) is 5.15. The average Bonchev–Trinajstić information content (AvgIpc) is 2.37. The van der Waals surface area contributed by atoms with Gasteiger partial charge >= 0.3 is 5.97 Å². The summed E-state index contributed by atoms with van der Waals surface area (Å²) in [7, 11) is 0. The van der Waals surface area contributed by atoms with Gasteiger partial charge in [-0.3, -0.25) is 14.9 Å². The summed E-state index contributed by atoms with van der Waals surface area (Å²) in [6.07, 6.45) is -2.51. The number of rotatable bonds is 6. The van der Waals surface area contributed by atoms with Crippen LogP contribution in [-0.2, 0) is 9.59 Å². The van der Waals surface area contributed by atoms with Crippen molar-refractivity contribution in [2.75, 3.05) is 5.32 Å². The van der Waals surface area contributed by atoms with Gasteiger partial charge in [0, 0.05) is 6.07 Å². The van der Waals surface area contributed by atoms with Crippen LogP contribution in [0.1, 0.15) is 0 Å². The van der Waals surface area contributed by atoms with E-state index in [4.69, 9.17) is 10.8 Å². The van der Waals surface area contributed by atoms with Crippen LogP contribution in [0.25, 0.3) is 0 Å². The highest BCUT2D eigenvalue weighted by Gasteiger charge is 2.48. The molecule has 108 valence electrons. The molecule has 10 heteroatoms. The Labute approximate surface area is 111 Å². The summed E-state index contributed by atoms with van der Waals surface area (Å²) in [6, 6.07) is 4.78. The zero-order valence-electron chi connectivity index (χ0n) is 9.89. The van der Waals surface area contributed by atoms with Crippen molar-refractivity contribution in [2.45, 2.75) is 11.8 Å². The third-order valence-electron chi connectivity index (χ3n) is 2.42. The fraction of sp³-hybridized carbons (Fsp3) is 0.200. The Balaban J connectivity index is 3.25. The molecule has 0 aliphatic carbocycles. The summed E-state index contributed by atoms with van der Waals surface area (Å²) in [5.41, 5.74) is 0.576. The molecule has 6 N–H and O–H groups in total. The van der Waals surface area contributed by atoms with E-state index in [1.54, 1.807) is 0 Å². The topological polar surface area (TPSA) is 176 Å². The Morgan fingerprint density at radius 2 is 1.95 bits per heavy atom. The van der Waals surface area contributed by atoms with Gasteiger partial charge in [-0.2, -0.15) is 0 Å². The average molecular weight is 285 g/mol. The fourth-order valence-electron chi connectivity index (χ4n) is 1.39. The number of aliphatic hydroxyl groups is 2. The van der Waals surface area contributed by atoms with Gasteiger partial charge in [-0.15, -0.1) is 0 Å². The molecule has 1 rings (SSSR count).